The molecule has 0 unspecified atom stereocenters. The van der Waals surface area contributed by atoms with Gasteiger partial charge in [-0.05, 0) is 84.8 Å². The Morgan fingerprint density at radius 1 is 1.24 bits per heavy atom. The van der Waals surface area contributed by atoms with Crippen LogP contribution in [-0.2, 0) is 11.8 Å². The highest BCUT2D eigenvalue weighted by atomic mass is 127. The van der Waals surface area contributed by atoms with Crippen LogP contribution in [0.3, 0.4) is 0 Å². The number of ether oxygens (including phenoxy) is 1. The summed E-state index contributed by atoms with van der Waals surface area (Å²) >= 11 is 8.02. The Balaban J connectivity index is 1.64. The summed E-state index contributed by atoms with van der Waals surface area (Å²) in [4.78, 5) is 24.9. The van der Waals surface area contributed by atoms with Gasteiger partial charge in [0.2, 0.25) is 0 Å². The lowest BCUT2D eigenvalue weighted by atomic mass is 10.1. The van der Waals surface area contributed by atoms with Crippen molar-refractivity contribution in [3.63, 3.8) is 0 Å². The molecule has 2 amide bonds. The smallest absolute Gasteiger partial charge is 0.292 e. The molecule has 0 aliphatic rings. The summed E-state index contributed by atoms with van der Waals surface area (Å²) in [5.74, 6) is -0.0986. The number of benzene rings is 2. The molecule has 0 saturated carbocycles. The third kappa shape index (κ3) is 6.55. The van der Waals surface area contributed by atoms with Gasteiger partial charge in [0.15, 0.2) is 11.8 Å². The molecule has 1 atom stereocenters. The van der Waals surface area contributed by atoms with Gasteiger partial charge in [0.25, 0.3) is 11.8 Å². The van der Waals surface area contributed by atoms with E-state index >= 15 is 0 Å². The summed E-state index contributed by atoms with van der Waals surface area (Å²) in [5.41, 5.74) is 5.57. The van der Waals surface area contributed by atoms with Crippen molar-refractivity contribution >= 4 is 57.4 Å². The number of aromatic nitrogens is 2. The van der Waals surface area contributed by atoms with Gasteiger partial charge in [0.05, 0.1) is 9.28 Å². The van der Waals surface area contributed by atoms with Gasteiger partial charge in [-0.15, -0.1) is 0 Å². The van der Waals surface area contributed by atoms with Crippen molar-refractivity contribution in [3.05, 3.63) is 74.1 Å². The van der Waals surface area contributed by atoms with E-state index in [0.29, 0.717) is 27.9 Å². The number of anilines is 1. The molecule has 3 aromatic rings. The minimum absolute atomic E-state index is 0.297. The van der Waals surface area contributed by atoms with Crippen LogP contribution in [0.2, 0.25) is 5.02 Å². The molecule has 1 aromatic heterocycles. The van der Waals surface area contributed by atoms with Crippen LogP contribution in [0.5, 0.6) is 5.75 Å². The van der Waals surface area contributed by atoms with Crippen molar-refractivity contribution in [2.75, 3.05) is 5.32 Å². The number of carbonyl (C=O) groups is 2. The third-order valence-corrected chi connectivity index (χ3v) is 5.71. The van der Waals surface area contributed by atoms with Gasteiger partial charge in [-0.3, -0.25) is 14.3 Å². The first-order valence-corrected chi connectivity index (χ1v) is 11.5. The number of hydrazone groups is 1. The number of nitrogens with one attached hydrogen (secondary N) is 2. The number of halogens is 2. The second kappa shape index (κ2) is 10.8. The van der Waals surface area contributed by atoms with Crippen molar-refractivity contribution < 1.29 is 14.3 Å². The fourth-order valence-corrected chi connectivity index (χ4v) is 3.90. The fraction of sp³-hybridized carbons (Fsp3) is 0.217. The van der Waals surface area contributed by atoms with Gasteiger partial charge in [0.1, 0.15) is 5.75 Å². The van der Waals surface area contributed by atoms with Crippen LogP contribution in [0.25, 0.3) is 0 Å². The molecule has 8 nitrogen and oxygen atoms in total. The van der Waals surface area contributed by atoms with Gasteiger partial charge in [0, 0.05) is 24.0 Å². The van der Waals surface area contributed by atoms with E-state index in [1.54, 1.807) is 68.2 Å². The second-order valence-corrected chi connectivity index (χ2v) is 8.98. The molecule has 0 spiro atoms. The Hall–Kier alpha value is -2.92. The first kappa shape index (κ1) is 24.7. The average molecular weight is 580 g/mol. The van der Waals surface area contributed by atoms with Crippen LogP contribution in [0.15, 0.2) is 53.8 Å². The van der Waals surface area contributed by atoms with E-state index in [1.807, 2.05) is 35.6 Å². The maximum absolute atomic E-state index is 12.6. The van der Waals surface area contributed by atoms with E-state index < -0.39 is 12.0 Å². The molecule has 0 aliphatic heterocycles. The summed E-state index contributed by atoms with van der Waals surface area (Å²) in [6.45, 7) is 5.30. The molecular weight excluding hydrogens is 557 g/mol. The Morgan fingerprint density at radius 3 is 2.67 bits per heavy atom. The summed E-state index contributed by atoms with van der Waals surface area (Å²) in [7, 11) is 1.75. The van der Waals surface area contributed by atoms with E-state index in [1.165, 1.54) is 0 Å². The number of amides is 2. The van der Waals surface area contributed by atoms with Gasteiger partial charge < -0.3 is 10.1 Å². The number of nitrogens with zero attached hydrogens (tertiary/aromatic N) is 3. The molecule has 0 saturated heterocycles. The maximum atomic E-state index is 12.6. The zero-order valence-electron chi connectivity index (χ0n) is 18.5. The molecule has 0 bridgehead atoms. The highest BCUT2D eigenvalue weighted by Crippen LogP contribution is 2.23. The van der Waals surface area contributed by atoms with Crippen molar-refractivity contribution in [3.8, 4) is 5.75 Å². The van der Waals surface area contributed by atoms with Crippen LogP contribution >= 0.6 is 34.2 Å². The molecule has 1 heterocycles. The fourth-order valence-electron chi connectivity index (χ4n) is 2.92. The minimum Gasteiger partial charge on any atom is -0.481 e. The van der Waals surface area contributed by atoms with Crippen molar-refractivity contribution in [1.29, 1.82) is 0 Å². The van der Waals surface area contributed by atoms with E-state index in [0.717, 1.165) is 14.7 Å². The van der Waals surface area contributed by atoms with Crippen LogP contribution in [-0.4, -0.2) is 33.4 Å². The zero-order valence-corrected chi connectivity index (χ0v) is 21.4. The lowest BCUT2D eigenvalue weighted by molar-refractivity contribution is -0.122. The number of hydrogen-bond donors (Lipinski definition) is 2. The molecule has 2 aromatic carbocycles. The Bertz CT molecular complexity index is 1220. The maximum Gasteiger partial charge on any atom is 0.292 e. The Morgan fingerprint density at radius 2 is 2.00 bits per heavy atom. The quantitative estimate of drug-likeness (QED) is 0.244. The van der Waals surface area contributed by atoms with E-state index in [9.17, 15) is 9.59 Å². The van der Waals surface area contributed by atoms with E-state index in [4.69, 9.17) is 16.3 Å². The molecule has 3 rings (SSSR count). The van der Waals surface area contributed by atoms with Gasteiger partial charge in [-0.25, -0.2) is 5.43 Å². The van der Waals surface area contributed by atoms with Crippen LogP contribution < -0.4 is 15.5 Å². The van der Waals surface area contributed by atoms with Gasteiger partial charge in [-0.1, -0.05) is 23.7 Å². The molecule has 0 fully saturated rings. The van der Waals surface area contributed by atoms with Crippen LogP contribution in [0.1, 0.15) is 35.5 Å². The predicted molar refractivity (Wildman–Crippen MR) is 137 cm³/mol. The average Bonchev–Trinajstić information content (AvgIpc) is 3.11. The standard InChI is InChI=1S/C23H23ClIN5O3/c1-13-10-17(24)8-9-20(13)33-15(3)22(31)26-18-7-5-6-16(11-18)14(2)27-28-23(32)21-19(25)12-30(4)29-21/h5-12,15H,1-4H3,(H,26,31)(H,28,32)/b27-14-/t15-/m0/s1. The van der Waals surface area contributed by atoms with Crippen molar-refractivity contribution in [1.82, 2.24) is 15.2 Å². The lowest BCUT2D eigenvalue weighted by Crippen LogP contribution is -2.30. The molecule has 0 aliphatic carbocycles. The third-order valence-electron chi connectivity index (χ3n) is 4.68. The van der Waals surface area contributed by atoms with Crippen molar-refractivity contribution in [2.24, 2.45) is 12.1 Å². The normalized spacial score (nSPS) is 12.2. The molecule has 172 valence electrons. The molecule has 0 radical (unpaired) electrons. The monoisotopic (exact) mass is 579 g/mol. The number of carbonyl (C=O) groups excluding carboxylic acids is 2. The zero-order chi connectivity index (χ0) is 24.1. The summed E-state index contributed by atoms with van der Waals surface area (Å²) < 4.78 is 8.08. The second-order valence-electron chi connectivity index (χ2n) is 7.38. The summed E-state index contributed by atoms with van der Waals surface area (Å²) in [6, 6.07) is 12.4. The number of hydrogen-bond acceptors (Lipinski definition) is 5. The summed E-state index contributed by atoms with van der Waals surface area (Å²) in [6.07, 6.45) is 1.03. The molecule has 33 heavy (non-hydrogen) atoms. The van der Waals surface area contributed by atoms with Crippen LogP contribution in [0.4, 0.5) is 5.69 Å². The molecule has 10 heteroatoms. The molecule has 2 N–H and O–H groups in total. The number of rotatable bonds is 7. The van der Waals surface area contributed by atoms with Crippen molar-refractivity contribution in [2.45, 2.75) is 26.9 Å². The Kier molecular flexibility index (Phi) is 8.09. The molecular formula is C23H23ClIN5O3. The first-order chi connectivity index (χ1) is 15.6. The highest BCUT2D eigenvalue weighted by molar-refractivity contribution is 14.1. The highest BCUT2D eigenvalue weighted by Gasteiger charge is 2.17. The van der Waals surface area contributed by atoms with Crippen LogP contribution in [0, 0.1) is 10.5 Å². The largest absolute Gasteiger partial charge is 0.481 e. The van der Waals surface area contributed by atoms with E-state index in [2.05, 4.69) is 20.9 Å². The first-order valence-electron chi connectivity index (χ1n) is 10.0. The van der Waals surface area contributed by atoms with Gasteiger partial charge in [-0.2, -0.15) is 10.2 Å². The predicted octanol–water partition coefficient (Wildman–Crippen LogP) is 4.55. The Labute approximate surface area is 210 Å². The summed E-state index contributed by atoms with van der Waals surface area (Å²) in [5, 5.41) is 11.7. The lowest BCUT2D eigenvalue weighted by Gasteiger charge is -2.16. The minimum atomic E-state index is -0.719. The topological polar surface area (TPSA) is 97.6 Å². The SMILES string of the molecule is C/C(=N/NC(=O)c1nn(C)cc1I)c1cccc(NC(=O)[C@H](C)Oc2ccc(Cl)cc2C)c1. The number of aryl methyl sites for hydroxylation is 2. The van der Waals surface area contributed by atoms with E-state index in [-0.39, 0.29) is 5.91 Å². The van der Waals surface area contributed by atoms with Gasteiger partial charge >= 0.3 is 0 Å².